The molecule has 2 fully saturated rings. The third-order valence-corrected chi connectivity index (χ3v) is 5.62. The molecule has 2 atom stereocenters. The van der Waals surface area contributed by atoms with Crippen LogP contribution >= 0.6 is 0 Å². The third kappa shape index (κ3) is 4.35. The first-order valence-corrected chi connectivity index (χ1v) is 10.1. The maximum absolute atomic E-state index is 12.4. The largest absolute Gasteiger partial charge is 0.372 e. The summed E-state index contributed by atoms with van der Waals surface area (Å²) < 4.78 is 0. The van der Waals surface area contributed by atoms with Gasteiger partial charge in [0, 0.05) is 31.0 Å². The molecular weight excluding hydrogens is 350 g/mol. The van der Waals surface area contributed by atoms with Crippen molar-refractivity contribution < 1.29 is 9.59 Å². The Morgan fingerprint density at radius 2 is 1.71 bits per heavy atom. The van der Waals surface area contributed by atoms with Crippen LogP contribution in [0.5, 0.6) is 0 Å². The van der Waals surface area contributed by atoms with Crippen LogP contribution in [0.1, 0.15) is 30.4 Å². The molecule has 2 N–H and O–H groups in total. The van der Waals surface area contributed by atoms with E-state index < -0.39 is 0 Å². The lowest BCUT2D eigenvalue weighted by Crippen LogP contribution is -2.27. The molecule has 146 valence electrons. The maximum atomic E-state index is 12.4. The highest BCUT2D eigenvalue weighted by Gasteiger charge is 2.47. The van der Waals surface area contributed by atoms with Crippen molar-refractivity contribution in [2.75, 3.05) is 23.3 Å². The molecule has 0 bridgehead atoms. The van der Waals surface area contributed by atoms with Crippen LogP contribution in [-0.4, -0.2) is 24.9 Å². The lowest BCUT2D eigenvalue weighted by Gasteiger charge is -2.17. The van der Waals surface area contributed by atoms with Gasteiger partial charge in [0.1, 0.15) is 0 Å². The standard InChI is InChI=1S/C23H27N3O2/c1-16-5-4-6-17(13-16)15-24-22(27)20-14-21(20)23(28)25-18-7-9-19(10-8-18)26-11-2-3-12-26/h4-10,13,20-21H,2-3,11-12,14-15H2,1H3,(H,24,27)(H,25,28). The third-order valence-electron chi connectivity index (χ3n) is 5.62. The summed E-state index contributed by atoms with van der Waals surface area (Å²) in [4.78, 5) is 27.1. The summed E-state index contributed by atoms with van der Waals surface area (Å²) in [7, 11) is 0. The first-order chi connectivity index (χ1) is 13.6. The second-order valence-corrected chi connectivity index (χ2v) is 7.89. The molecule has 5 nitrogen and oxygen atoms in total. The van der Waals surface area contributed by atoms with E-state index in [9.17, 15) is 9.59 Å². The van der Waals surface area contributed by atoms with Crippen LogP contribution in [0, 0.1) is 18.8 Å². The van der Waals surface area contributed by atoms with Crippen molar-refractivity contribution in [1.29, 1.82) is 0 Å². The fourth-order valence-electron chi connectivity index (χ4n) is 3.88. The predicted molar refractivity (Wildman–Crippen MR) is 111 cm³/mol. The van der Waals surface area contributed by atoms with E-state index in [-0.39, 0.29) is 23.7 Å². The number of benzene rings is 2. The van der Waals surface area contributed by atoms with Crippen molar-refractivity contribution in [2.45, 2.75) is 32.7 Å². The Labute approximate surface area is 166 Å². The molecule has 0 spiro atoms. The predicted octanol–water partition coefficient (Wildman–Crippen LogP) is 3.49. The van der Waals surface area contributed by atoms with Gasteiger partial charge in [-0.2, -0.15) is 0 Å². The van der Waals surface area contributed by atoms with Gasteiger partial charge in [0.25, 0.3) is 0 Å². The van der Waals surface area contributed by atoms with Gasteiger partial charge in [-0.1, -0.05) is 29.8 Å². The van der Waals surface area contributed by atoms with Gasteiger partial charge in [-0.15, -0.1) is 0 Å². The van der Waals surface area contributed by atoms with Crippen LogP contribution < -0.4 is 15.5 Å². The zero-order valence-electron chi connectivity index (χ0n) is 16.3. The Balaban J connectivity index is 1.25. The van der Waals surface area contributed by atoms with Crippen LogP contribution in [0.25, 0.3) is 0 Å². The molecule has 28 heavy (non-hydrogen) atoms. The lowest BCUT2D eigenvalue weighted by atomic mass is 10.1. The van der Waals surface area contributed by atoms with Gasteiger partial charge in [-0.05, 0) is 56.0 Å². The molecular formula is C23H27N3O2. The van der Waals surface area contributed by atoms with E-state index in [4.69, 9.17) is 0 Å². The number of nitrogens with one attached hydrogen (secondary N) is 2. The number of amides is 2. The number of nitrogens with zero attached hydrogens (tertiary/aromatic N) is 1. The fourth-order valence-corrected chi connectivity index (χ4v) is 3.88. The van der Waals surface area contributed by atoms with Gasteiger partial charge in [0.05, 0.1) is 11.8 Å². The Hall–Kier alpha value is -2.82. The van der Waals surface area contributed by atoms with E-state index in [1.165, 1.54) is 24.1 Å². The molecule has 5 heteroatoms. The quantitative estimate of drug-likeness (QED) is 0.810. The Morgan fingerprint density at radius 1 is 1.00 bits per heavy atom. The molecule has 2 amide bonds. The van der Waals surface area contributed by atoms with E-state index in [0.717, 1.165) is 24.3 Å². The van der Waals surface area contributed by atoms with Crippen molar-refractivity contribution >= 4 is 23.2 Å². The molecule has 1 heterocycles. The maximum Gasteiger partial charge on any atom is 0.228 e. The van der Waals surface area contributed by atoms with E-state index >= 15 is 0 Å². The summed E-state index contributed by atoms with van der Waals surface area (Å²) in [6, 6.07) is 16.1. The normalized spacial score (nSPS) is 20.7. The van der Waals surface area contributed by atoms with Crippen molar-refractivity contribution in [3.8, 4) is 0 Å². The molecule has 2 aromatic carbocycles. The minimum Gasteiger partial charge on any atom is -0.372 e. The summed E-state index contributed by atoms with van der Waals surface area (Å²) >= 11 is 0. The van der Waals surface area contributed by atoms with Gasteiger partial charge in [0.15, 0.2) is 0 Å². The van der Waals surface area contributed by atoms with Crippen LogP contribution in [0.15, 0.2) is 48.5 Å². The smallest absolute Gasteiger partial charge is 0.228 e. The minimum atomic E-state index is -0.226. The van der Waals surface area contributed by atoms with E-state index in [2.05, 4.69) is 33.7 Å². The molecule has 0 radical (unpaired) electrons. The first-order valence-electron chi connectivity index (χ1n) is 10.1. The summed E-state index contributed by atoms with van der Waals surface area (Å²) in [5.41, 5.74) is 4.24. The monoisotopic (exact) mass is 377 g/mol. The highest BCUT2D eigenvalue weighted by molar-refractivity contribution is 5.99. The van der Waals surface area contributed by atoms with Crippen molar-refractivity contribution in [1.82, 2.24) is 5.32 Å². The summed E-state index contributed by atoms with van der Waals surface area (Å²) in [5.74, 6) is -0.542. The van der Waals surface area contributed by atoms with Crippen LogP contribution in [0.3, 0.4) is 0 Å². The first kappa shape index (κ1) is 18.5. The zero-order valence-corrected chi connectivity index (χ0v) is 16.3. The highest BCUT2D eigenvalue weighted by Crippen LogP contribution is 2.39. The number of hydrogen-bond donors (Lipinski definition) is 2. The second-order valence-electron chi connectivity index (χ2n) is 7.89. The highest BCUT2D eigenvalue weighted by atomic mass is 16.2. The molecule has 1 saturated heterocycles. The Morgan fingerprint density at radius 3 is 2.43 bits per heavy atom. The van der Waals surface area contributed by atoms with E-state index in [0.29, 0.717) is 13.0 Å². The molecule has 2 aliphatic rings. The van der Waals surface area contributed by atoms with Crippen molar-refractivity contribution in [2.24, 2.45) is 11.8 Å². The lowest BCUT2D eigenvalue weighted by molar-refractivity contribution is -0.125. The van der Waals surface area contributed by atoms with E-state index in [1.54, 1.807) is 0 Å². The van der Waals surface area contributed by atoms with Gasteiger partial charge in [-0.25, -0.2) is 0 Å². The Bertz CT molecular complexity index is 856. The van der Waals surface area contributed by atoms with Crippen LogP contribution in [0.4, 0.5) is 11.4 Å². The minimum absolute atomic E-state index is 0.0361. The summed E-state index contributed by atoms with van der Waals surface area (Å²) in [6.45, 7) is 4.74. The van der Waals surface area contributed by atoms with Gasteiger partial charge in [-0.3, -0.25) is 9.59 Å². The zero-order chi connectivity index (χ0) is 19.5. The Kier molecular flexibility index (Phi) is 5.33. The van der Waals surface area contributed by atoms with Gasteiger partial charge < -0.3 is 15.5 Å². The number of aryl methyl sites for hydroxylation is 1. The molecule has 1 aliphatic carbocycles. The molecule has 4 rings (SSSR count). The molecule has 2 aromatic rings. The average molecular weight is 377 g/mol. The van der Waals surface area contributed by atoms with Crippen LogP contribution in [0.2, 0.25) is 0 Å². The fraction of sp³-hybridized carbons (Fsp3) is 0.391. The molecule has 1 aliphatic heterocycles. The molecule has 0 aromatic heterocycles. The van der Waals surface area contributed by atoms with E-state index in [1.807, 2.05) is 37.3 Å². The van der Waals surface area contributed by atoms with Gasteiger partial charge in [0.2, 0.25) is 11.8 Å². The summed E-state index contributed by atoms with van der Waals surface area (Å²) in [6.07, 6.45) is 3.11. The van der Waals surface area contributed by atoms with Crippen molar-refractivity contribution in [3.63, 3.8) is 0 Å². The number of rotatable bonds is 6. The number of carbonyl (C=O) groups is 2. The number of carbonyl (C=O) groups excluding carboxylic acids is 2. The average Bonchev–Trinajstić information content (AvgIpc) is 3.32. The number of anilines is 2. The topological polar surface area (TPSA) is 61.4 Å². The SMILES string of the molecule is Cc1cccc(CNC(=O)C2CC2C(=O)Nc2ccc(N3CCCC3)cc2)c1. The summed E-state index contributed by atoms with van der Waals surface area (Å²) in [5, 5.41) is 5.90. The second kappa shape index (κ2) is 8.05. The van der Waals surface area contributed by atoms with Crippen LogP contribution in [-0.2, 0) is 16.1 Å². The molecule has 2 unspecified atom stereocenters. The molecule has 1 saturated carbocycles. The van der Waals surface area contributed by atoms with Gasteiger partial charge >= 0.3 is 0 Å². The van der Waals surface area contributed by atoms with Crippen molar-refractivity contribution in [3.05, 3.63) is 59.7 Å². The number of hydrogen-bond acceptors (Lipinski definition) is 3.